The summed E-state index contributed by atoms with van der Waals surface area (Å²) in [5.74, 6) is -1.24. The van der Waals surface area contributed by atoms with E-state index in [9.17, 15) is 13.2 Å². The number of sulfonamides is 1. The zero-order valence-electron chi connectivity index (χ0n) is 7.07. The maximum Gasteiger partial charge on any atom is 0.321 e. The van der Waals surface area contributed by atoms with E-state index in [0.29, 0.717) is 0 Å². The van der Waals surface area contributed by atoms with Crippen LogP contribution in [0.2, 0.25) is 0 Å². The number of hydrogen-bond acceptors (Lipinski definition) is 3. The fourth-order valence-electron chi connectivity index (χ4n) is 0.608. The van der Waals surface area contributed by atoms with Gasteiger partial charge in [-0.25, -0.2) is 13.1 Å². The summed E-state index contributed by atoms with van der Waals surface area (Å²) in [5.41, 5.74) is 0. The molecule has 0 heterocycles. The second kappa shape index (κ2) is 4.42. The quantitative estimate of drug-likeness (QED) is 0.635. The highest BCUT2D eigenvalue weighted by molar-refractivity contribution is 7.89. The average molecular weight is 195 g/mol. The smallest absolute Gasteiger partial charge is 0.321 e. The fraction of sp³-hybridized carbons (Fsp3) is 0.833. The van der Waals surface area contributed by atoms with E-state index in [1.165, 1.54) is 6.92 Å². The Labute approximate surface area is 71.8 Å². The maximum atomic E-state index is 10.9. The summed E-state index contributed by atoms with van der Waals surface area (Å²) >= 11 is 0. The van der Waals surface area contributed by atoms with Gasteiger partial charge in [0.1, 0.15) is 6.04 Å². The van der Waals surface area contributed by atoms with Gasteiger partial charge in [-0.1, -0.05) is 6.92 Å². The van der Waals surface area contributed by atoms with E-state index in [0.717, 1.165) is 0 Å². The third-order valence-corrected chi connectivity index (χ3v) is 2.81. The van der Waals surface area contributed by atoms with Crippen molar-refractivity contribution in [1.29, 1.82) is 0 Å². The second-order valence-electron chi connectivity index (χ2n) is 2.32. The molecular weight excluding hydrogens is 182 g/mol. The van der Waals surface area contributed by atoms with E-state index in [1.54, 1.807) is 6.92 Å². The van der Waals surface area contributed by atoms with Crippen LogP contribution in [0.15, 0.2) is 0 Å². The largest absolute Gasteiger partial charge is 0.480 e. The Bertz CT molecular complexity index is 246. The van der Waals surface area contributed by atoms with Crippen molar-refractivity contribution >= 4 is 16.0 Å². The van der Waals surface area contributed by atoms with Gasteiger partial charge in [-0.3, -0.25) is 4.79 Å². The highest BCUT2D eigenvalue weighted by Gasteiger charge is 2.20. The molecule has 0 aliphatic heterocycles. The van der Waals surface area contributed by atoms with Crippen LogP contribution in [0.1, 0.15) is 20.3 Å². The molecule has 0 spiro atoms. The molecule has 0 radical (unpaired) electrons. The highest BCUT2D eigenvalue weighted by Crippen LogP contribution is 1.94. The van der Waals surface area contributed by atoms with Crippen LogP contribution in [0, 0.1) is 0 Å². The molecule has 0 saturated carbocycles. The van der Waals surface area contributed by atoms with E-state index in [1.807, 2.05) is 0 Å². The summed E-state index contributed by atoms with van der Waals surface area (Å²) < 4.78 is 23.9. The summed E-state index contributed by atoms with van der Waals surface area (Å²) in [6.07, 6.45) is 0.245. The first-order valence-corrected chi connectivity index (χ1v) is 5.31. The lowest BCUT2D eigenvalue weighted by molar-refractivity contribution is -0.139. The Hall–Kier alpha value is -0.620. The van der Waals surface area contributed by atoms with Crippen LogP contribution in [0.25, 0.3) is 0 Å². The predicted molar refractivity (Wildman–Crippen MR) is 44.3 cm³/mol. The molecule has 0 bridgehead atoms. The summed E-state index contributed by atoms with van der Waals surface area (Å²) in [6, 6.07) is -1.00. The van der Waals surface area contributed by atoms with Crippen molar-refractivity contribution in [2.45, 2.75) is 26.3 Å². The van der Waals surface area contributed by atoms with Crippen molar-refractivity contribution in [3.8, 4) is 0 Å². The van der Waals surface area contributed by atoms with Gasteiger partial charge in [0, 0.05) is 0 Å². The zero-order valence-corrected chi connectivity index (χ0v) is 7.89. The van der Waals surface area contributed by atoms with Gasteiger partial charge in [-0.05, 0) is 13.3 Å². The van der Waals surface area contributed by atoms with E-state index < -0.39 is 22.0 Å². The Kier molecular flexibility index (Phi) is 4.19. The van der Waals surface area contributed by atoms with Crippen LogP contribution in [0.4, 0.5) is 0 Å². The van der Waals surface area contributed by atoms with Crippen LogP contribution >= 0.6 is 0 Å². The average Bonchev–Trinajstić information content (AvgIpc) is 2.00. The third kappa shape index (κ3) is 3.68. The molecule has 12 heavy (non-hydrogen) atoms. The lowest BCUT2D eigenvalue weighted by Gasteiger charge is -2.10. The predicted octanol–water partition coefficient (Wildman–Crippen LogP) is -0.211. The molecule has 0 fully saturated rings. The number of nitrogens with one attached hydrogen (secondary N) is 1. The Morgan fingerprint density at radius 1 is 1.50 bits per heavy atom. The van der Waals surface area contributed by atoms with Crippen molar-refractivity contribution in [3.05, 3.63) is 0 Å². The van der Waals surface area contributed by atoms with Crippen LogP contribution in [0.5, 0.6) is 0 Å². The Morgan fingerprint density at radius 2 is 2.00 bits per heavy atom. The molecule has 0 aromatic rings. The van der Waals surface area contributed by atoms with Gasteiger partial charge >= 0.3 is 5.97 Å². The zero-order chi connectivity index (χ0) is 9.78. The summed E-state index contributed by atoms with van der Waals surface area (Å²) in [6.45, 7) is 3.06. The minimum Gasteiger partial charge on any atom is -0.480 e. The molecule has 0 unspecified atom stereocenters. The van der Waals surface area contributed by atoms with Crippen LogP contribution in [0.3, 0.4) is 0 Å². The van der Waals surface area contributed by atoms with Gasteiger partial charge in [-0.2, -0.15) is 0 Å². The number of carbonyl (C=O) groups is 1. The number of carboxylic acids is 1. The van der Waals surface area contributed by atoms with Crippen molar-refractivity contribution in [1.82, 2.24) is 4.72 Å². The van der Waals surface area contributed by atoms with Gasteiger partial charge in [0.15, 0.2) is 0 Å². The maximum absolute atomic E-state index is 10.9. The fourth-order valence-corrected chi connectivity index (χ4v) is 1.48. The van der Waals surface area contributed by atoms with E-state index in [4.69, 9.17) is 5.11 Å². The normalized spacial score (nSPS) is 14.2. The Morgan fingerprint density at radius 3 is 2.25 bits per heavy atom. The molecular formula is C6H13NO4S. The first-order chi connectivity index (χ1) is 5.43. The first-order valence-electron chi connectivity index (χ1n) is 3.65. The summed E-state index contributed by atoms with van der Waals surface area (Å²) in [7, 11) is -3.41. The molecule has 0 amide bonds. The van der Waals surface area contributed by atoms with Crippen molar-refractivity contribution in [3.63, 3.8) is 0 Å². The number of carboxylic acid groups (broad SMARTS) is 1. The topological polar surface area (TPSA) is 83.5 Å². The molecule has 2 N–H and O–H groups in total. The lowest BCUT2D eigenvalue weighted by Crippen LogP contribution is -2.40. The molecule has 0 saturated heterocycles. The first kappa shape index (κ1) is 11.4. The highest BCUT2D eigenvalue weighted by atomic mass is 32.2. The number of aliphatic carboxylic acids is 1. The molecule has 0 aromatic heterocycles. The molecule has 6 heteroatoms. The van der Waals surface area contributed by atoms with E-state index in [-0.39, 0.29) is 12.2 Å². The van der Waals surface area contributed by atoms with Crippen molar-refractivity contribution in [2.24, 2.45) is 0 Å². The Balaban J connectivity index is 4.32. The van der Waals surface area contributed by atoms with Crippen LogP contribution in [-0.2, 0) is 14.8 Å². The van der Waals surface area contributed by atoms with Crippen LogP contribution in [-0.4, -0.2) is 31.3 Å². The van der Waals surface area contributed by atoms with E-state index >= 15 is 0 Å². The monoisotopic (exact) mass is 195 g/mol. The molecule has 1 atom stereocenters. The molecule has 0 aliphatic rings. The molecule has 0 aromatic carbocycles. The van der Waals surface area contributed by atoms with Crippen molar-refractivity contribution < 1.29 is 18.3 Å². The lowest BCUT2D eigenvalue weighted by atomic mass is 10.2. The van der Waals surface area contributed by atoms with Gasteiger partial charge < -0.3 is 5.11 Å². The molecule has 0 aliphatic carbocycles. The van der Waals surface area contributed by atoms with Gasteiger partial charge in [0.25, 0.3) is 0 Å². The molecule has 0 rings (SSSR count). The molecule has 5 nitrogen and oxygen atoms in total. The third-order valence-electron chi connectivity index (χ3n) is 1.41. The van der Waals surface area contributed by atoms with Crippen LogP contribution < -0.4 is 4.72 Å². The van der Waals surface area contributed by atoms with Gasteiger partial charge in [0.05, 0.1) is 5.75 Å². The minimum atomic E-state index is -3.41. The van der Waals surface area contributed by atoms with Crippen molar-refractivity contribution in [2.75, 3.05) is 5.75 Å². The summed E-state index contributed by atoms with van der Waals surface area (Å²) in [5, 5.41) is 8.51. The van der Waals surface area contributed by atoms with E-state index in [2.05, 4.69) is 4.72 Å². The SMILES string of the molecule is CC[C@@H](NS(=O)(=O)CC)C(=O)O. The minimum absolute atomic E-state index is 0.100. The molecule has 72 valence electrons. The van der Waals surface area contributed by atoms with Gasteiger partial charge in [-0.15, -0.1) is 0 Å². The standard InChI is InChI=1S/C6H13NO4S/c1-3-5(6(8)9)7-12(10,11)4-2/h5,7H,3-4H2,1-2H3,(H,8,9)/t5-/m1/s1. The number of hydrogen-bond donors (Lipinski definition) is 2. The summed E-state index contributed by atoms with van der Waals surface area (Å²) in [4.78, 5) is 10.4. The van der Waals surface area contributed by atoms with Gasteiger partial charge in [0.2, 0.25) is 10.0 Å². The second-order valence-corrected chi connectivity index (χ2v) is 4.36. The number of rotatable bonds is 5.